The minimum atomic E-state index is -3.47. The molecule has 30 heavy (non-hydrogen) atoms. The van der Waals surface area contributed by atoms with Crippen molar-refractivity contribution in [2.75, 3.05) is 13.1 Å². The average Bonchev–Trinajstić information content (AvgIpc) is 3.40. The van der Waals surface area contributed by atoms with Crippen LogP contribution in [0.3, 0.4) is 0 Å². The molecule has 0 radical (unpaired) electrons. The van der Waals surface area contributed by atoms with Gasteiger partial charge in [0, 0.05) is 24.9 Å². The van der Waals surface area contributed by atoms with Crippen LogP contribution < -0.4 is 0 Å². The SMILES string of the molecule is CC(C)n1c(SCc2cccc(C#N)c2)nc2cc(S(=O)(=O)N3CCCC3)ccc21. The Bertz CT molecular complexity index is 1220. The second kappa shape index (κ2) is 8.42. The van der Waals surface area contributed by atoms with Gasteiger partial charge in [0.25, 0.3) is 0 Å². The minimum Gasteiger partial charge on any atom is -0.316 e. The van der Waals surface area contributed by atoms with E-state index in [1.165, 1.54) is 0 Å². The lowest BCUT2D eigenvalue weighted by Crippen LogP contribution is -2.27. The van der Waals surface area contributed by atoms with Crippen LogP contribution in [0, 0.1) is 11.3 Å². The number of nitriles is 1. The van der Waals surface area contributed by atoms with Crippen molar-refractivity contribution in [3.63, 3.8) is 0 Å². The number of aromatic nitrogens is 2. The number of rotatable bonds is 6. The van der Waals surface area contributed by atoms with Crippen LogP contribution in [0.5, 0.6) is 0 Å². The van der Waals surface area contributed by atoms with E-state index in [9.17, 15) is 8.42 Å². The van der Waals surface area contributed by atoms with Crippen molar-refractivity contribution in [3.05, 3.63) is 53.6 Å². The van der Waals surface area contributed by atoms with E-state index < -0.39 is 10.0 Å². The Hall–Kier alpha value is -2.34. The molecule has 0 amide bonds. The predicted molar refractivity (Wildman–Crippen MR) is 119 cm³/mol. The second-order valence-electron chi connectivity index (χ2n) is 7.72. The van der Waals surface area contributed by atoms with E-state index in [0.717, 1.165) is 29.1 Å². The van der Waals surface area contributed by atoms with E-state index in [2.05, 4.69) is 24.5 Å². The van der Waals surface area contributed by atoms with Crippen LogP contribution in [0.4, 0.5) is 0 Å². The lowest BCUT2D eigenvalue weighted by atomic mass is 10.2. The lowest BCUT2D eigenvalue weighted by Gasteiger charge is -2.16. The van der Waals surface area contributed by atoms with E-state index in [0.29, 0.717) is 34.8 Å². The van der Waals surface area contributed by atoms with Gasteiger partial charge in [0.2, 0.25) is 10.0 Å². The van der Waals surface area contributed by atoms with Crippen LogP contribution in [-0.2, 0) is 15.8 Å². The topological polar surface area (TPSA) is 79.0 Å². The molecule has 1 aliphatic heterocycles. The van der Waals surface area contributed by atoms with Gasteiger partial charge in [0.15, 0.2) is 5.16 Å². The van der Waals surface area contributed by atoms with Gasteiger partial charge in [-0.25, -0.2) is 13.4 Å². The van der Waals surface area contributed by atoms with Gasteiger partial charge in [-0.1, -0.05) is 23.9 Å². The molecule has 4 rings (SSSR count). The lowest BCUT2D eigenvalue weighted by molar-refractivity contribution is 0.477. The van der Waals surface area contributed by atoms with E-state index in [1.54, 1.807) is 34.3 Å². The number of nitrogens with zero attached hydrogens (tertiary/aromatic N) is 4. The fourth-order valence-corrected chi connectivity index (χ4v) is 6.40. The fraction of sp³-hybridized carbons (Fsp3) is 0.364. The second-order valence-corrected chi connectivity index (χ2v) is 10.6. The monoisotopic (exact) mass is 440 g/mol. The van der Waals surface area contributed by atoms with Gasteiger partial charge in [-0.15, -0.1) is 0 Å². The first-order chi connectivity index (χ1) is 14.4. The summed E-state index contributed by atoms with van der Waals surface area (Å²) in [5.41, 5.74) is 3.32. The molecule has 0 atom stereocenters. The highest BCUT2D eigenvalue weighted by Gasteiger charge is 2.28. The number of benzene rings is 2. The van der Waals surface area contributed by atoms with Crippen LogP contribution in [0.15, 0.2) is 52.5 Å². The number of fused-ring (bicyclic) bond motifs is 1. The molecule has 0 spiro atoms. The summed E-state index contributed by atoms with van der Waals surface area (Å²) in [5, 5.41) is 9.95. The van der Waals surface area contributed by atoms with Crippen LogP contribution in [0.2, 0.25) is 0 Å². The number of hydrogen-bond donors (Lipinski definition) is 0. The van der Waals surface area contributed by atoms with E-state index in [-0.39, 0.29) is 6.04 Å². The van der Waals surface area contributed by atoms with Crippen LogP contribution in [0.1, 0.15) is 43.9 Å². The molecule has 2 heterocycles. The molecule has 3 aromatic rings. The van der Waals surface area contributed by atoms with Crippen molar-refractivity contribution in [2.45, 2.75) is 48.5 Å². The molecule has 1 aromatic heterocycles. The van der Waals surface area contributed by atoms with Gasteiger partial charge in [0.1, 0.15) is 0 Å². The average molecular weight is 441 g/mol. The predicted octanol–water partition coefficient (Wildman–Crippen LogP) is 4.57. The largest absolute Gasteiger partial charge is 0.316 e. The van der Waals surface area contributed by atoms with Crippen molar-refractivity contribution in [1.29, 1.82) is 5.26 Å². The summed E-state index contributed by atoms with van der Waals surface area (Å²) in [6.07, 6.45) is 1.83. The third-order valence-electron chi connectivity index (χ3n) is 5.27. The Labute approximate surface area is 181 Å². The van der Waals surface area contributed by atoms with Crippen molar-refractivity contribution in [3.8, 4) is 6.07 Å². The van der Waals surface area contributed by atoms with Crippen molar-refractivity contribution in [1.82, 2.24) is 13.9 Å². The van der Waals surface area contributed by atoms with Gasteiger partial charge >= 0.3 is 0 Å². The smallest absolute Gasteiger partial charge is 0.243 e. The number of sulfonamides is 1. The van der Waals surface area contributed by atoms with Crippen LogP contribution in [-0.4, -0.2) is 35.4 Å². The number of hydrogen-bond acceptors (Lipinski definition) is 5. The molecule has 1 aliphatic rings. The Morgan fingerprint density at radius 2 is 1.93 bits per heavy atom. The maximum atomic E-state index is 12.9. The highest BCUT2D eigenvalue weighted by molar-refractivity contribution is 7.98. The van der Waals surface area contributed by atoms with E-state index in [1.807, 2.05) is 24.3 Å². The summed E-state index contributed by atoms with van der Waals surface area (Å²) in [6.45, 7) is 5.36. The summed E-state index contributed by atoms with van der Waals surface area (Å²) in [5.74, 6) is 0.685. The van der Waals surface area contributed by atoms with Gasteiger partial charge in [-0.2, -0.15) is 9.57 Å². The fourth-order valence-electron chi connectivity index (χ4n) is 3.77. The molecular formula is C22H24N4O2S2. The zero-order chi connectivity index (χ0) is 21.3. The van der Waals surface area contributed by atoms with Crippen molar-refractivity contribution < 1.29 is 8.42 Å². The van der Waals surface area contributed by atoms with Crippen molar-refractivity contribution in [2.24, 2.45) is 0 Å². The first-order valence-electron chi connectivity index (χ1n) is 10.0. The third kappa shape index (κ3) is 3.97. The third-order valence-corrected chi connectivity index (χ3v) is 8.19. The molecule has 0 unspecified atom stereocenters. The molecular weight excluding hydrogens is 416 g/mol. The minimum absolute atomic E-state index is 0.184. The highest BCUT2D eigenvalue weighted by Crippen LogP contribution is 2.32. The first-order valence-corrected chi connectivity index (χ1v) is 12.5. The Morgan fingerprint density at radius 1 is 1.17 bits per heavy atom. The Balaban J connectivity index is 1.67. The van der Waals surface area contributed by atoms with Crippen molar-refractivity contribution >= 4 is 32.8 Å². The first kappa shape index (κ1) is 20.9. The highest BCUT2D eigenvalue weighted by atomic mass is 32.2. The van der Waals surface area contributed by atoms with Gasteiger partial charge in [-0.05, 0) is 62.6 Å². The standard InChI is InChI=1S/C22H24N4O2S2/c1-16(2)26-21-9-8-19(30(27,28)25-10-3-4-11-25)13-20(21)24-22(26)29-15-18-7-5-6-17(12-18)14-23/h5-9,12-13,16H,3-4,10-11,15H2,1-2H3. The molecule has 2 aromatic carbocycles. The molecule has 0 saturated carbocycles. The normalized spacial score (nSPS) is 15.1. The Kier molecular flexibility index (Phi) is 5.87. The van der Waals surface area contributed by atoms with Crippen LogP contribution >= 0.6 is 11.8 Å². The summed E-state index contributed by atoms with van der Waals surface area (Å²) >= 11 is 1.59. The summed E-state index contributed by atoms with van der Waals surface area (Å²) in [7, 11) is -3.47. The zero-order valence-corrected chi connectivity index (χ0v) is 18.7. The van der Waals surface area contributed by atoms with Gasteiger partial charge in [-0.3, -0.25) is 0 Å². The molecule has 1 saturated heterocycles. The van der Waals surface area contributed by atoms with E-state index >= 15 is 0 Å². The summed E-state index contributed by atoms with van der Waals surface area (Å²) in [4.78, 5) is 5.08. The van der Waals surface area contributed by atoms with E-state index in [4.69, 9.17) is 10.2 Å². The maximum Gasteiger partial charge on any atom is 0.243 e. The van der Waals surface area contributed by atoms with Gasteiger partial charge in [0.05, 0.1) is 27.6 Å². The molecule has 6 nitrogen and oxygen atoms in total. The quantitative estimate of drug-likeness (QED) is 0.525. The van der Waals surface area contributed by atoms with Gasteiger partial charge < -0.3 is 4.57 Å². The summed E-state index contributed by atoms with van der Waals surface area (Å²) in [6, 6.07) is 15.2. The van der Waals surface area contributed by atoms with Crippen LogP contribution in [0.25, 0.3) is 11.0 Å². The molecule has 156 valence electrons. The molecule has 8 heteroatoms. The number of imidazole rings is 1. The Morgan fingerprint density at radius 3 is 2.63 bits per heavy atom. The summed E-state index contributed by atoms with van der Waals surface area (Å²) < 4.78 is 29.6. The molecule has 0 bridgehead atoms. The molecule has 1 fully saturated rings. The molecule has 0 aliphatic carbocycles. The maximum absolute atomic E-state index is 12.9. The molecule has 0 N–H and O–H groups in total. The zero-order valence-electron chi connectivity index (χ0n) is 17.1. The number of thioether (sulfide) groups is 1.